The van der Waals surface area contributed by atoms with Gasteiger partial charge in [-0.25, -0.2) is 0 Å². The lowest BCUT2D eigenvalue weighted by Gasteiger charge is -2.35. The normalized spacial score (nSPS) is 25.0. The van der Waals surface area contributed by atoms with Gasteiger partial charge in [0.2, 0.25) is 0 Å². The van der Waals surface area contributed by atoms with Crippen LogP contribution in [0.5, 0.6) is 0 Å². The van der Waals surface area contributed by atoms with Gasteiger partial charge in [-0.15, -0.1) is 0 Å². The van der Waals surface area contributed by atoms with Crippen molar-refractivity contribution in [3.63, 3.8) is 0 Å². The van der Waals surface area contributed by atoms with Crippen LogP contribution in [0.25, 0.3) is 0 Å². The van der Waals surface area contributed by atoms with Gasteiger partial charge >= 0.3 is 0 Å². The molecule has 0 N–H and O–H groups in total. The fourth-order valence-corrected chi connectivity index (χ4v) is 2.88. The molecule has 0 aliphatic carbocycles. The lowest BCUT2D eigenvalue weighted by molar-refractivity contribution is -0.102. The molecule has 0 unspecified atom stereocenters. The number of ether oxygens (including phenoxy) is 3. The van der Waals surface area contributed by atoms with Gasteiger partial charge < -0.3 is 19.1 Å². The number of nitrogens with zero attached hydrogens (tertiary/aromatic N) is 2. The molecular formula is C16H24N2O3. The minimum absolute atomic E-state index is 0.240. The maximum absolute atomic E-state index is 5.96. The molecule has 0 amide bonds. The number of hydrogen-bond donors (Lipinski definition) is 0. The lowest BCUT2D eigenvalue weighted by Crippen LogP contribution is -2.44. The van der Waals surface area contributed by atoms with E-state index in [0.29, 0.717) is 12.7 Å². The summed E-state index contributed by atoms with van der Waals surface area (Å²) >= 11 is 0. The van der Waals surface area contributed by atoms with E-state index in [1.54, 1.807) is 0 Å². The van der Waals surface area contributed by atoms with E-state index in [-0.39, 0.29) is 6.10 Å². The Balaban J connectivity index is 1.35. The largest absolute Gasteiger partial charge is 0.376 e. The Morgan fingerprint density at radius 1 is 1.24 bits per heavy atom. The third-order valence-electron chi connectivity index (χ3n) is 4.07. The molecule has 0 aromatic carbocycles. The van der Waals surface area contributed by atoms with Crippen molar-refractivity contribution in [2.45, 2.75) is 31.7 Å². The molecule has 1 aromatic rings. The van der Waals surface area contributed by atoms with E-state index in [1.807, 2.05) is 24.4 Å². The minimum atomic E-state index is 0.240. The molecule has 116 valence electrons. The first kappa shape index (κ1) is 14.9. The van der Waals surface area contributed by atoms with E-state index >= 15 is 0 Å². The zero-order chi connectivity index (χ0) is 14.3. The number of aromatic nitrogens is 1. The van der Waals surface area contributed by atoms with E-state index in [2.05, 4.69) is 9.88 Å². The van der Waals surface area contributed by atoms with Crippen LogP contribution in [0.15, 0.2) is 24.4 Å². The molecule has 2 aliphatic heterocycles. The Hall–Kier alpha value is -1.01. The zero-order valence-corrected chi connectivity index (χ0v) is 12.4. The monoisotopic (exact) mass is 292 g/mol. The van der Waals surface area contributed by atoms with Crippen LogP contribution in [-0.2, 0) is 20.8 Å². The second-order valence-corrected chi connectivity index (χ2v) is 5.70. The van der Waals surface area contributed by atoms with Gasteiger partial charge in [-0.2, -0.15) is 0 Å². The van der Waals surface area contributed by atoms with E-state index in [9.17, 15) is 0 Å². The van der Waals surface area contributed by atoms with Gasteiger partial charge in [-0.1, -0.05) is 6.07 Å². The second-order valence-electron chi connectivity index (χ2n) is 5.70. The molecule has 5 nitrogen and oxygen atoms in total. The molecular weight excluding hydrogens is 268 g/mol. The quantitative estimate of drug-likeness (QED) is 0.822. The Morgan fingerprint density at radius 3 is 2.86 bits per heavy atom. The van der Waals surface area contributed by atoms with Crippen molar-refractivity contribution < 1.29 is 14.2 Å². The van der Waals surface area contributed by atoms with Gasteiger partial charge in [0, 0.05) is 25.8 Å². The molecule has 2 fully saturated rings. The Bertz CT molecular complexity index is 401. The molecule has 3 heterocycles. The fourth-order valence-electron chi connectivity index (χ4n) is 2.88. The van der Waals surface area contributed by atoms with Crippen molar-refractivity contribution >= 4 is 0 Å². The maximum atomic E-state index is 5.96. The van der Waals surface area contributed by atoms with Gasteiger partial charge in [-0.3, -0.25) is 4.98 Å². The number of pyridine rings is 1. The lowest BCUT2D eigenvalue weighted by atomic mass is 10.1. The van der Waals surface area contributed by atoms with Gasteiger partial charge in [0.25, 0.3) is 0 Å². The molecule has 0 radical (unpaired) electrons. The van der Waals surface area contributed by atoms with Crippen molar-refractivity contribution in [1.29, 1.82) is 0 Å². The van der Waals surface area contributed by atoms with Crippen LogP contribution in [0, 0.1) is 0 Å². The highest BCUT2D eigenvalue weighted by molar-refractivity contribution is 5.02. The predicted molar refractivity (Wildman–Crippen MR) is 79.0 cm³/mol. The van der Waals surface area contributed by atoms with Crippen molar-refractivity contribution in [1.82, 2.24) is 9.88 Å². The summed E-state index contributed by atoms with van der Waals surface area (Å²) in [5.41, 5.74) is 1.01. The van der Waals surface area contributed by atoms with Gasteiger partial charge in [0.05, 0.1) is 44.3 Å². The highest BCUT2D eigenvalue weighted by Crippen LogP contribution is 2.16. The highest BCUT2D eigenvalue weighted by atomic mass is 16.6. The van der Waals surface area contributed by atoms with Crippen molar-refractivity contribution in [2.75, 3.05) is 39.5 Å². The number of hydrogen-bond acceptors (Lipinski definition) is 5. The summed E-state index contributed by atoms with van der Waals surface area (Å²) in [6, 6.07) is 5.94. The van der Waals surface area contributed by atoms with Gasteiger partial charge in [0.15, 0.2) is 0 Å². The maximum Gasteiger partial charge on any atom is 0.0936 e. The summed E-state index contributed by atoms with van der Waals surface area (Å²) in [6.07, 6.45) is 4.57. The minimum Gasteiger partial charge on any atom is -0.376 e. The first-order chi connectivity index (χ1) is 10.4. The fraction of sp³-hybridized carbons (Fsp3) is 0.688. The number of piperidine rings is 1. The molecule has 5 heteroatoms. The van der Waals surface area contributed by atoms with Crippen LogP contribution in [0.2, 0.25) is 0 Å². The molecule has 1 atom stereocenters. The van der Waals surface area contributed by atoms with E-state index in [0.717, 1.165) is 58.0 Å². The summed E-state index contributed by atoms with van der Waals surface area (Å²) < 4.78 is 17.1. The predicted octanol–water partition coefficient (Wildman–Crippen LogP) is 1.48. The van der Waals surface area contributed by atoms with Gasteiger partial charge in [-0.05, 0) is 25.0 Å². The standard InChI is InChI=1S/C16H24N2O3/c1-2-6-17-14(3-1)12-21-15-4-7-18(8-5-15)11-16-13-19-9-10-20-16/h1-3,6,15-16H,4-5,7-13H2/t16-/m1/s1. The second kappa shape index (κ2) is 7.84. The molecule has 3 rings (SSSR count). The molecule has 2 aliphatic rings. The Morgan fingerprint density at radius 2 is 2.14 bits per heavy atom. The molecule has 1 aromatic heterocycles. The molecule has 0 spiro atoms. The average molecular weight is 292 g/mol. The van der Waals surface area contributed by atoms with E-state index in [1.165, 1.54) is 0 Å². The van der Waals surface area contributed by atoms with Crippen molar-refractivity contribution in [2.24, 2.45) is 0 Å². The third-order valence-corrected chi connectivity index (χ3v) is 4.07. The van der Waals surface area contributed by atoms with Crippen LogP contribution in [0.4, 0.5) is 0 Å². The average Bonchev–Trinajstić information content (AvgIpc) is 2.56. The summed E-state index contributed by atoms with van der Waals surface area (Å²) in [6.45, 7) is 5.95. The summed E-state index contributed by atoms with van der Waals surface area (Å²) in [5, 5.41) is 0. The number of likely N-dealkylation sites (tertiary alicyclic amines) is 1. The topological polar surface area (TPSA) is 43.8 Å². The molecule has 2 saturated heterocycles. The summed E-state index contributed by atoms with van der Waals surface area (Å²) in [4.78, 5) is 6.75. The van der Waals surface area contributed by atoms with Crippen LogP contribution >= 0.6 is 0 Å². The first-order valence-electron chi connectivity index (χ1n) is 7.83. The van der Waals surface area contributed by atoms with Gasteiger partial charge in [0.1, 0.15) is 0 Å². The first-order valence-corrected chi connectivity index (χ1v) is 7.83. The third kappa shape index (κ3) is 4.74. The number of rotatable bonds is 5. The van der Waals surface area contributed by atoms with E-state index in [4.69, 9.17) is 14.2 Å². The van der Waals surface area contributed by atoms with Crippen LogP contribution in [0.1, 0.15) is 18.5 Å². The Labute approximate surface area is 126 Å². The van der Waals surface area contributed by atoms with Crippen LogP contribution < -0.4 is 0 Å². The smallest absolute Gasteiger partial charge is 0.0936 e. The summed E-state index contributed by atoms with van der Waals surface area (Å²) in [7, 11) is 0. The zero-order valence-electron chi connectivity index (χ0n) is 12.4. The highest BCUT2D eigenvalue weighted by Gasteiger charge is 2.23. The van der Waals surface area contributed by atoms with Crippen LogP contribution in [0.3, 0.4) is 0 Å². The Kier molecular flexibility index (Phi) is 5.57. The van der Waals surface area contributed by atoms with Crippen molar-refractivity contribution in [3.05, 3.63) is 30.1 Å². The van der Waals surface area contributed by atoms with Crippen LogP contribution in [-0.4, -0.2) is 61.5 Å². The van der Waals surface area contributed by atoms with Crippen molar-refractivity contribution in [3.8, 4) is 0 Å². The molecule has 0 bridgehead atoms. The SMILES string of the molecule is c1ccc(COC2CCN(C[C@@H]3COCCO3)CC2)nc1. The van der Waals surface area contributed by atoms with E-state index < -0.39 is 0 Å². The molecule has 21 heavy (non-hydrogen) atoms. The molecule has 0 saturated carbocycles. The summed E-state index contributed by atoms with van der Waals surface area (Å²) in [5.74, 6) is 0.